The molecule has 3 heterocycles. The molecule has 0 aromatic carbocycles. The van der Waals surface area contributed by atoms with Crippen LogP contribution < -0.4 is 4.90 Å². The van der Waals surface area contributed by atoms with Gasteiger partial charge in [0.05, 0.1) is 6.10 Å². The summed E-state index contributed by atoms with van der Waals surface area (Å²) in [5, 5.41) is 10.7. The molecule has 0 bridgehead atoms. The summed E-state index contributed by atoms with van der Waals surface area (Å²) in [6, 6.07) is 3.11. The summed E-state index contributed by atoms with van der Waals surface area (Å²) in [4.78, 5) is 1.79. The molecule has 120 valence electrons. The number of alkyl halides is 3. The Morgan fingerprint density at radius 3 is 2.82 bits per heavy atom. The fourth-order valence-electron chi connectivity index (χ4n) is 2.51. The molecule has 22 heavy (non-hydrogen) atoms. The second-order valence-electron chi connectivity index (χ2n) is 5.35. The van der Waals surface area contributed by atoms with E-state index in [2.05, 4.69) is 15.3 Å². The fourth-order valence-corrected chi connectivity index (χ4v) is 2.51. The van der Waals surface area contributed by atoms with Crippen molar-refractivity contribution in [1.82, 2.24) is 19.8 Å². The fraction of sp³-hybridized carbons (Fsp3) is 0.615. The van der Waals surface area contributed by atoms with E-state index in [1.54, 1.807) is 18.0 Å². The Hall–Kier alpha value is -1.90. The van der Waals surface area contributed by atoms with E-state index in [-0.39, 0.29) is 11.8 Å². The molecule has 1 aliphatic rings. The number of fused-ring (bicyclic) bond motifs is 1. The minimum atomic E-state index is -4.59. The van der Waals surface area contributed by atoms with Crippen LogP contribution in [0.25, 0.3) is 5.65 Å². The Balaban J connectivity index is 1.84. The molecule has 0 spiro atoms. The van der Waals surface area contributed by atoms with Crippen molar-refractivity contribution in [2.24, 2.45) is 0 Å². The van der Waals surface area contributed by atoms with Crippen LogP contribution in [0.3, 0.4) is 0 Å². The van der Waals surface area contributed by atoms with Crippen LogP contribution in [0.15, 0.2) is 12.1 Å². The van der Waals surface area contributed by atoms with Gasteiger partial charge in [0.25, 0.3) is 5.82 Å². The second kappa shape index (κ2) is 5.71. The van der Waals surface area contributed by atoms with E-state index in [0.717, 1.165) is 30.4 Å². The number of ether oxygens (including phenoxy) is 1. The van der Waals surface area contributed by atoms with Crippen molar-refractivity contribution < 1.29 is 17.9 Å². The molecular weight excluding hydrogens is 299 g/mol. The zero-order valence-electron chi connectivity index (χ0n) is 12.0. The van der Waals surface area contributed by atoms with E-state index in [1.807, 2.05) is 0 Å². The second-order valence-corrected chi connectivity index (χ2v) is 5.35. The molecule has 1 fully saturated rings. The lowest BCUT2D eigenvalue weighted by Crippen LogP contribution is -2.34. The minimum absolute atomic E-state index is 0.0680. The largest absolute Gasteiger partial charge is 0.453 e. The third-order valence-electron chi connectivity index (χ3n) is 3.64. The summed E-state index contributed by atoms with van der Waals surface area (Å²) in [5.74, 6) is -0.696. The number of likely N-dealkylation sites (N-methyl/N-ethyl adjacent to an activating group) is 1. The average Bonchev–Trinajstić information content (AvgIpc) is 2.91. The first kappa shape index (κ1) is 15.0. The van der Waals surface area contributed by atoms with Crippen molar-refractivity contribution >= 4 is 11.5 Å². The topological polar surface area (TPSA) is 55.5 Å². The predicted molar refractivity (Wildman–Crippen MR) is 72.6 cm³/mol. The number of hydrogen-bond acceptors (Lipinski definition) is 5. The molecule has 1 saturated heterocycles. The Bertz CT molecular complexity index is 651. The molecule has 2 aromatic rings. The number of rotatable bonds is 3. The zero-order chi connectivity index (χ0) is 15.7. The molecule has 0 amide bonds. The van der Waals surface area contributed by atoms with Crippen LogP contribution in [0.4, 0.5) is 19.0 Å². The Labute approximate surface area is 124 Å². The molecule has 0 N–H and O–H groups in total. The molecule has 0 radical (unpaired) electrons. The first-order valence-corrected chi connectivity index (χ1v) is 7.07. The third-order valence-corrected chi connectivity index (χ3v) is 3.64. The minimum Gasteiger partial charge on any atom is -0.376 e. The van der Waals surface area contributed by atoms with E-state index >= 15 is 0 Å². The summed E-state index contributed by atoms with van der Waals surface area (Å²) in [6.07, 6.45) is -1.39. The van der Waals surface area contributed by atoms with E-state index in [1.165, 1.54) is 6.07 Å². The van der Waals surface area contributed by atoms with Crippen molar-refractivity contribution in [1.29, 1.82) is 0 Å². The van der Waals surface area contributed by atoms with Gasteiger partial charge in [-0.25, -0.2) is 0 Å². The molecule has 3 rings (SSSR count). The highest BCUT2D eigenvalue weighted by atomic mass is 19.4. The third kappa shape index (κ3) is 2.99. The lowest BCUT2D eigenvalue weighted by atomic mass is 10.1. The van der Waals surface area contributed by atoms with Gasteiger partial charge in [0.1, 0.15) is 5.82 Å². The standard InChI is InChI=1S/C13H16F3N5O/c1-20(8-9-4-2-3-7-22-9)11-6-5-10-17-18-12(13(14,15)16)21(10)19-11/h5-6,9H,2-4,7-8H2,1H3. The van der Waals surface area contributed by atoms with Gasteiger partial charge in [-0.1, -0.05) is 0 Å². The number of anilines is 1. The van der Waals surface area contributed by atoms with Crippen LogP contribution >= 0.6 is 0 Å². The summed E-state index contributed by atoms with van der Waals surface area (Å²) in [7, 11) is 1.78. The number of hydrogen-bond donors (Lipinski definition) is 0. The van der Waals surface area contributed by atoms with Crippen LogP contribution in [-0.2, 0) is 10.9 Å². The first-order chi connectivity index (χ1) is 10.4. The SMILES string of the molecule is CN(CC1CCCCO1)c1ccc2nnc(C(F)(F)F)n2n1. The molecule has 9 heteroatoms. The Morgan fingerprint density at radius 1 is 1.32 bits per heavy atom. The molecule has 6 nitrogen and oxygen atoms in total. The summed E-state index contributed by atoms with van der Waals surface area (Å²) in [5.41, 5.74) is 0.0680. The van der Waals surface area contributed by atoms with Gasteiger partial charge >= 0.3 is 6.18 Å². The van der Waals surface area contributed by atoms with E-state index in [9.17, 15) is 13.2 Å². The zero-order valence-corrected chi connectivity index (χ0v) is 12.0. The van der Waals surface area contributed by atoms with E-state index < -0.39 is 12.0 Å². The van der Waals surface area contributed by atoms with E-state index in [0.29, 0.717) is 12.4 Å². The molecule has 2 aromatic heterocycles. The lowest BCUT2D eigenvalue weighted by molar-refractivity contribution is -0.146. The van der Waals surface area contributed by atoms with Crippen LogP contribution in [0, 0.1) is 0 Å². The van der Waals surface area contributed by atoms with Gasteiger partial charge in [-0.05, 0) is 31.4 Å². The Morgan fingerprint density at radius 2 is 2.14 bits per heavy atom. The first-order valence-electron chi connectivity index (χ1n) is 7.07. The van der Waals surface area contributed by atoms with E-state index in [4.69, 9.17) is 4.74 Å². The number of aromatic nitrogens is 4. The Kier molecular flexibility index (Phi) is 3.90. The number of nitrogens with zero attached hydrogens (tertiary/aromatic N) is 5. The quantitative estimate of drug-likeness (QED) is 0.869. The number of halogens is 3. The predicted octanol–water partition coefficient (Wildman–Crippen LogP) is 2.15. The highest BCUT2D eigenvalue weighted by Crippen LogP contribution is 2.28. The molecule has 1 aliphatic heterocycles. The van der Waals surface area contributed by atoms with Gasteiger partial charge in [-0.15, -0.1) is 15.3 Å². The summed E-state index contributed by atoms with van der Waals surface area (Å²) >= 11 is 0. The van der Waals surface area contributed by atoms with Crippen molar-refractivity contribution in [2.45, 2.75) is 31.5 Å². The lowest BCUT2D eigenvalue weighted by Gasteiger charge is -2.27. The molecule has 1 atom stereocenters. The molecular formula is C13H16F3N5O. The average molecular weight is 315 g/mol. The smallest absolute Gasteiger partial charge is 0.376 e. The van der Waals surface area contributed by atoms with Gasteiger partial charge in [0, 0.05) is 20.2 Å². The maximum atomic E-state index is 12.9. The van der Waals surface area contributed by atoms with Crippen LogP contribution in [0.1, 0.15) is 25.1 Å². The van der Waals surface area contributed by atoms with Gasteiger partial charge < -0.3 is 9.64 Å². The van der Waals surface area contributed by atoms with Gasteiger partial charge in [-0.2, -0.15) is 17.7 Å². The molecule has 0 saturated carbocycles. The summed E-state index contributed by atoms with van der Waals surface area (Å²) in [6.45, 7) is 1.32. The molecule has 0 aliphatic carbocycles. The van der Waals surface area contributed by atoms with Crippen LogP contribution in [-0.4, -0.2) is 46.1 Å². The van der Waals surface area contributed by atoms with Crippen LogP contribution in [0.2, 0.25) is 0 Å². The monoisotopic (exact) mass is 315 g/mol. The van der Waals surface area contributed by atoms with Crippen molar-refractivity contribution in [3.05, 3.63) is 18.0 Å². The molecule has 1 unspecified atom stereocenters. The maximum Gasteiger partial charge on any atom is 0.453 e. The van der Waals surface area contributed by atoms with Gasteiger partial charge in [0.2, 0.25) is 0 Å². The van der Waals surface area contributed by atoms with Crippen molar-refractivity contribution in [3.8, 4) is 0 Å². The van der Waals surface area contributed by atoms with Crippen LogP contribution in [0.5, 0.6) is 0 Å². The highest BCUT2D eigenvalue weighted by molar-refractivity contribution is 5.45. The maximum absolute atomic E-state index is 12.9. The van der Waals surface area contributed by atoms with Crippen molar-refractivity contribution in [2.75, 3.05) is 25.1 Å². The summed E-state index contributed by atoms with van der Waals surface area (Å²) < 4.78 is 44.9. The van der Waals surface area contributed by atoms with Gasteiger partial charge in [0.15, 0.2) is 5.65 Å². The normalized spacial score (nSPS) is 19.5. The highest BCUT2D eigenvalue weighted by Gasteiger charge is 2.37. The van der Waals surface area contributed by atoms with Gasteiger partial charge in [-0.3, -0.25) is 0 Å². The van der Waals surface area contributed by atoms with Crippen molar-refractivity contribution in [3.63, 3.8) is 0 Å².